The van der Waals surface area contributed by atoms with Crippen molar-refractivity contribution in [1.29, 1.82) is 0 Å². The maximum atomic E-state index is 13.5. The van der Waals surface area contributed by atoms with Gasteiger partial charge in [-0.2, -0.15) is 8.42 Å². The van der Waals surface area contributed by atoms with Gasteiger partial charge in [0, 0.05) is 28.9 Å². The van der Waals surface area contributed by atoms with E-state index in [0.717, 1.165) is 33.2 Å². The minimum atomic E-state index is -4.19. The van der Waals surface area contributed by atoms with Crippen molar-refractivity contribution >= 4 is 34.2 Å². The third-order valence-corrected chi connectivity index (χ3v) is 6.83. The average Bonchev–Trinajstić information content (AvgIpc) is 3.24. The van der Waals surface area contributed by atoms with E-state index in [2.05, 4.69) is 6.08 Å². The fourth-order valence-corrected chi connectivity index (χ4v) is 5.05. The summed E-state index contributed by atoms with van der Waals surface area (Å²) in [6.07, 6.45) is 5.93. The molecule has 3 aromatic carbocycles. The smallest absolute Gasteiger partial charge is 0.339 e. The predicted octanol–water partition coefficient (Wildman–Crippen LogP) is 0.759. The van der Waals surface area contributed by atoms with Gasteiger partial charge in [0.05, 0.1) is 0 Å². The zero-order valence-electron chi connectivity index (χ0n) is 16.6. The molecule has 0 unspecified atom stereocenters. The summed E-state index contributed by atoms with van der Waals surface area (Å²) in [7, 11) is -4.19. The molecule has 0 aromatic heterocycles. The quantitative estimate of drug-likeness (QED) is 0.551. The summed E-state index contributed by atoms with van der Waals surface area (Å²) < 4.78 is 55.4. The largest absolute Gasteiger partial charge is 0.454 e. The van der Waals surface area contributed by atoms with Crippen LogP contribution in [-0.2, 0) is 10.1 Å². The molecular weight excluding hydrogens is 433 g/mol. The van der Waals surface area contributed by atoms with Gasteiger partial charge in [0.1, 0.15) is 10.7 Å². The van der Waals surface area contributed by atoms with Gasteiger partial charge in [0.25, 0.3) is 0 Å². The van der Waals surface area contributed by atoms with Gasteiger partial charge in [0.2, 0.25) is 6.79 Å². The first-order valence-electron chi connectivity index (χ1n) is 9.91. The topological polar surface area (TPSA) is 65.1 Å². The second-order valence-corrected chi connectivity index (χ2v) is 9.11. The SMILES string of the molecule is O=S(=O)(Oc1cccc2c1=CN1CC=c3cc4c(cc3=C1C=2)OCO4)c1cccc(F)c1. The number of benzene rings is 3. The lowest BCUT2D eigenvalue weighted by Crippen LogP contribution is -2.43. The molecule has 0 atom stereocenters. The van der Waals surface area contributed by atoms with E-state index in [4.69, 9.17) is 13.7 Å². The minimum absolute atomic E-state index is 0.179. The van der Waals surface area contributed by atoms with Crippen LogP contribution < -0.4 is 34.5 Å². The first-order chi connectivity index (χ1) is 15.5. The summed E-state index contributed by atoms with van der Waals surface area (Å²) in [5, 5.41) is 3.50. The van der Waals surface area contributed by atoms with Gasteiger partial charge in [-0.15, -0.1) is 0 Å². The van der Waals surface area contributed by atoms with Crippen molar-refractivity contribution in [2.75, 3.05) is 13.3 Å². The maximum Gasteiger partial charge on any atom is 0.339 e. The summed E-state index contributed by atoms with van der Waals surface area (Å²) >= 11 is 0. The lowest BCUT2D eigenvalue weighted by molar-refractivity contribution is 0.174. The van der Waals surface area contributed by atoms with Crippen LogP contribution in [0, 0.1) is 5.82 Å². The van der Waals surface area contributed by atoms with Crippen molar-refractivity contribution < 1.29 is 26.5 Å². The molecule has 0 radical (unpaired) electrons. The third-order valence-electron chi connectivity index (χ3n) is 5.60. The molecule has 0 saturated heterocycles. The lowest BCUT2D eigenvalue weighted by atomic mass is 10.0. The van der Waals surface area contributed by atoms with Gasteiger partial charge in [-0.3, -0.25) is 0 Å². The molecule has 0 bridgehead atoms. The van der Waals surface area contributed by atoms with Crippen molar-refractivity contribution in [3.63, 3.8) is 0 Å². The summed E-state index contributed by atoms with van der Waals surface area (Å²) in [6.45, 7) is 0.805. The van der Waals surface area contributed by atoms with E-state index in [1.54, 1.807) is 12.1 Å². The molecule has 0 aliphatic carbocycles. The predicted molar refractivity (Wildman–Crippen MR) is 115 cm³/mol. The molecular formula is C24H16FNO5S. The van der Waals surface area contributed by atoms with Gasteiger partial charge in [-0.1, -0.05) is 24.3 Å². The summed E-state index contributed by atoms with van der Waals surface area (Å²) in [5.41, 5.74) is 0.971. The molecule has 0 amide bonds. The van der Waals surface area contributed by atoms with E-state index in [9.17, 15) is 12.8 Å². The van der Waals surface area contributed by atoms with E-state index < -0.39 is 15.9 Å². The van der Waals surface area contributed by atoms with Crippen LogP contribution in [0.15, 0.2) is 59.5 Å². The van der Waals surface area contributed by atoms with Gasteiger partial charge in [-0.25, -0.2) is 4.39 Å². The van der Waals surface area contributed by atoms with Gasteiger partial charge >= 0.3 is 10.1 Å². The molecule has 32 heavy (non-hydrogen) atoms. The number of fused-ring (bicyclic) bond motifs is 4. The standard InChI is InChI=1S/C24H16FNO5S/c25-17-4-2-5-18(11-17)32(27,28)31-22-6-1-3-15-9-21-19-12-24-23(29-14-30-24)10-16(19)7-8-26(21)13-20(15)22/h1-7,9-13H,8,14H2. The van der Waals surface area contributed by atoms with Crippen molar-refractivity contribution in [3.8, 4) is 17.2 Å². The Kier molecular flexibility index (Phi) is 4.06. The molecule has 6 rings (SSSR count). The summed E-state index contributed by atoms with van der Waals surface area (Å²) in [4.78, 5) is 1.78. The second kappa shape index (κ2) is 6.86. The first kappa shape index (κ1) is 18.9. The minimum Gasteiger partial charge on any atom is -0.454 e. The second-order valence-electron chi connectivity index (χ2n) is 7.56. The third kappa shape index (κ3) is 3.03. The lowest BCUT2D eigenvalue weighted by Gasteiger charge is -2.26. The zero-order chi connectivity index (χ0) is 21.9. The van der Waals surface area contributed by atoms with Crippen LogP contribution in [0.4, 0.5) is 4.39 Å². The highest BCUT2D eigenvalue weighted by atomic mass is 32.2. The van der Waals surface area contributed by atoms with Crippen LogP contribution in [0.3, 0.4) is 0 Å². The summed E-state index contributed by atoms with van der Waals surface area (Å²) in [6, 6.07) is 13.9. The normalized spacial score (nSPS) is 15.5. The van der Waals surface area contributed by atoms with E-state index in [1.165, 1.54) is 18.2 Å². The monoisotopic (exact) mass is 449 g/mol. The number of hydrogen-bond acceptors (Lipinski definition) is 6. The Labute approximate surface area is 182 Å². The first-order valence-corrected chi connectivity index (χ1v) is 11.3. The average molecular weight is 449 g/mol. The van der Waals surface area contributed by atoms with E-state index >= 15 is 0 Å². The Morgan fingerprint density at radius 2 is 1.78 bits per heavy atom. The molecule has 3 heterocycles. The molecule has 3 aromatic rings. The molecule has 8 heteroatoms. The Balaban J connectivity index is 1.49. The number of nitrogens with zero attached hydrogens (tertiary/aromatic N) is 1. The Hall–Kier alpha value is -3.78. The van der Waals surface area contributed by atoms with Crippen LogP contribution >= 0.6 is 0 Å². The van der Waals surface area contributed by atoms with Crippen molar-refractivity contribution in [2.45, 2.75) is 4.90 Å². The van der Waals surface area contributed by atoms with Crippen molar-refractivity contribution in [3.05, 3.63) is 81.3 Å². The Bertz CT molecular complexity index is 1650. The van der Waals surface area contributed by atoms with Gasteiger partial charge in [-0.05, 0) is 52.9 Å². The van der Waals surface area contributed by atoms with Crippen LogP contribution in [-0.4, -0.2) is 26.7 Å². The molecule has 0 spiro atoms. The number of ether oxygens (including phenoxy) is 2. The molecule has 0 saturated carbocycles. The van der Waals surface area contributed by atoms with Crippen molar-refractivity contribution in [1.82, 2.24) is 4.90 Å². The maximum absolute atomic E-state index is 13.5. The van der Waals surface area contributed by atoms with Crippen molar-refractivity contribution in [2.24, 2.45) is 0 Å². The van der Waals surface area contributed by atoms with E-state index in [-0.39, 0.29) is 17.4 Å². The van der Waals surface area contributed by atoms with Gasteiger partial charge in [0.15, 0.2) is 17.2 Å². The zero-order valence-corrected chi connectivity index (χ0v) is 17.4. The highest BCUT2D eigenvalue weighted by Gasteiger charge is 2.22. The van der Waals surface area contributed by atoms with Crippen LogP contribution in [0.1, 0.15) is 0 Å². The van der Waals surface area contributed by atoms with Crippen LogP contribution in [0.25, 0.3) is 24.0 Å². The molecule has 0 fully saturated rings. The Morgan fingerprint density at radius 1 is 0.969 bits per heavy atom. The summed E-state index contributed by atoms with van der Waals surface area (Å²) in [5.74, 6) is 0.960. The van der Waals surface area contributed by atoms with Gasteiger partial charge < -0.3 is 18.6 Å². The van der Waals surface area contributed by atoms with E-state index in [0.29, 0.717) is 17.5 Å². The number of hydrogen-bond donors (Lipinski definition) is 0. The van der Waals surface area contributed by atoms with Crippen LogP contribution in [0.5, 0.6) is 17.2 Å². The molecule has 6 nitrogen and oxygen atoms in total. The molecule has 3 aliphatic rings. The highest BCUT2D eigenvalue weighted by Crippen LogP contribution is 2.29. The molecule has 3 aliphatic heterocycles. The number of halogens is 1. The number of rotatable bonds is 3. The Morgan fingerprint density at radius 3 is 2.62 bits per heavy atom. The fourth-order valence-electron chi connectivity index (χ4n) is 4.07. The molecule has 160 valence electrons. The van der Waals surface area contributed by atoms with Crippen LogP contribution in [0.2, 0.25) is 0 Å². The van der Waals surface area contributed by atoms with E-state index in [1.807, 2.05) is 35.4 Å². The molecule has 0 N–H and O–H groups in total. The highest BCUT2D eigenvalue weighted by molar-refractivity contribution is 7.87. The fraction of sp³-hybridized carbons (Fsp3) is 0.0833.